The molecule has 0 spiro atoms. The number of aromatic nitrogens is 1. The van der Waals surface area contributed by atoms with E-state index >= 15 is 0 Å². The van der Waals surface area contributed by atoms with Crippen LogP contribution in [0.4, 0.5) is 0 Å². The number of nitrogens with two attached hydrogens (primary N) is 2. The third-order valence-electron chi connectivity index (χ3n) is 4.66. The summed E-state index contributed by atoms with van der Waals surface area (Å²) in [5.41, 5.74) is 13.9. The maximum absolute atomic E-state index is 5.37. The van der Waals surface area contributed by atoms with E-state index in [9.17, 15) is 0 Å². The largest absolute Gasteiger partial charge is 0.497 e. The molecule has 28 heavy (non-hydrogen) atoms. The van der Waals surface area contributed by atoms with Gasteiger partial charge in [-0.3, -0.25) is 0 Å². The number of benzene rings is 3. The summed E-state index contributed by atoms with van der Waals surface area (Å²) in [6.45, 7) is 0.740. The fourth-order valence-corrected chi connectivity index (χ4v) is 3.36. The lowest BCUT2D eigenvalue weighted by atomic mass is 10.1. The van der Waals surface area contributed by atoms with Crippen molar-refractivity contribution < 1.29 is 4.74 Å². The third-order valence-corrected chi connectivity index (χ3v) is 4.66. The van der Waals surface area contributed by atoms with E-state index in [1.54, 1.807) is 13.3 Å². The Morgan fingerprint density at radius 3 is 2.64 bits per heavy atom. The molecule has 6 heteroatoms. The van der Waals surface area contributed by atoms with E-state index < -0.39 is 0 Å². The minimum absolute atomic E-state index is 0.0752. The van der Waals surface area contributed by atoms with E-state index in [-0.39, 0.29) is 5.96 Å². The van der Waals surface area contributed by atoms with Gasteiger partial charge >= 0.3 is 0 Å². The summed E-state index contributed by atoms with van der Waals surface area (Å²) < 4.78 is 7.56. The normalized spacial score (nSPS) is 11.3. The molecule has 4 N–H and O–H groups in total. The fourth-order valence-electron chi connectivity index (χ4n) is 3.36. The summed E-state index contributed by atoms with van der Waals surface area (Å²) >= 11 is 0. The van der Waals surface area contributed by atoms with Crippen LogP contribution < -0.4 is 16.2 Å². The van der Waals surface area contributed by atoms with Crippen LogP contribution in [0.15, 0.2) is 77.1 Å². The van der Waals surface area contributed by atoms with Crippen molar-refractivity contribution in [2.24, 2.45) is 21.7 Å². The number of guanidine groups is 1. The standard InChI is InChI=1S/C22H21N5O/c1-28-19-8-9-21-20(11-19)18(12-25-26-22(23)24)14-27(21)13-15-6-7-16-4-2-3-5-17(16)10-15/h2-12,14H,13H2,1H3,(H4,23,24,26)/b25-12+. The average Bonchev–Trinajstić information content (AvgIpc) is 3.04. The molecule has 0 unspecified atom stereocenters. The van der Waals surface area contributed by atoms with Crippen LogP contribution in [0.5, 0.6) is 5.75 Å². The Morgan fingerprint density at radius 2 is 1.86 bits per heavy atom. The molecule has 4 aromatic rings. The Morgan fingerprint density at radius 1 is 1.04 bits per heavy atom. The van der Waals surface area contributed by atoms with Gasteiger partial charge in [-0.25, -0.2) is 0 Å². The molecule has 1 aromatic heterocycles. The van der Waals surface area contributed by atoms with Crippen LogP contribution in [-0.4, -0.2) is 23.9 Å². The van der Waals surface area contributed by atoms with Crippen molar-refractivity contribution in [2.45, 2.75) is 6.54 Å². The quantitative estimate of drug-likeness (QED) is 0.320. The number of hydrogen-bond acceptors (Lipinski definition) is 3. The first-order valence-corrected chi connectivity index (χ1v) is 8.90. The molecule has 6 nitrogen and oxygen atoms in total. The molecule has 0 saturated heterocycles. The van der Waals surface area contributed by atoms with Crippen LogP contribution in [-0.2, 0) is 6.54 Å². The lowest BCUT2D eigenvalue weighted by molar-refractivity contribution is 0.415. The molecule has 0 bridgehead atoms. The summed E-state index contributed by atoms with van der Waals surface area (Å²) in [4.78, 5) is 0. The molecule has 0 aliphatic carbocycles. The zero-order chi connectivity index (χ0) is 19.5. The molecule has 140 valence electrons. The Labute approximate surface area is 162 Å². The minimum atomic E-state index is -0.0752. The number of rotatable bonds is 5. The molecule has 0 atom stereocenters. The van der Waals surface area contributed by atoms with Gasteiger partial charge < -0.3 is 20.8 Å². The first-order valence-electron chi connectivity index (χ1n) is 8.90. The summed E-state index contributed by atoms with van der Waals surface area (Å²) in [5.74, 6) is 0.709. The predicted octanol–water partition coefficient (Wildman–Crippen LogP) is 3.46. The van der Waals surface area contributed by atoms with Crippen LogP contribution in [0.2, 0.25) is 0 Å². The van der Waals surface area contributed by atoms with Crippen molar-refractivity contribution in [1.82, 2.24) is 4.57 Å². The Balaban J connectivity index is 1.76. The lowest BCUT2D eigenvalue weighted by Crippen LogP contribution is -2.21. The van der Waals surface area contributed by atoms with E-state index in [0.717, 1.165) is 28.8 Å². The Bertz CT molecular complexity index is 1200. The van der Waals surface area contributed by atoms with E-state index in [1.165, 1.54) is 16.3 Å². The van der Waals surface area contributed by atoms with Crippen LogP contribution in [0.3, 0.4) is 0 Å². The zero-order valence-corrected chi connectivity index (χ0v) is 15.5. The fraction of sp³-hybridized carbons (Fsp3) is 0.0909. The molecular formula is C22H21N5O. The van der Waals surface area contributed by atoms with Crippen molar-refractivity contribution in [3.8, 4) is 5.75 Å². The molecule has 0 fully saturated rings. The number of fused-ring (bicyclic) bond motifs is 2. The predicted molar refractivity (Wildman–Crippen MR) is 115 cm³/mol. The molecule has 0 aliphatic heterocycles. The Hall–Kier alpha value is -3.80. The molecule has 1 heterocycles. The van der Waals surface area contributed by atoms with Gasteiger partial charge in [-0.2, -0.15) is 5.10 Å². The molecule has 0 radical (unpaired) electrons. The smallest absolute Gasteiger partial charge is 0.211 e. The molecule has 4 rings (SSSR count). The van der Waals surface area contributed by atoms with Crippen molar-refractivity contribution in [3.63, 3.8) is 0 Å². The van der Waals surface area contributed by atoms with Crippen LogP contribution in [0.1, 0.15) is 11.1 Å². The van der Waals surface area contributed by atoms with Crippen molar-refractivity contribution in [3.05, 3.63) is 78.0 Å². The monoisotopic (exact) mass is 371 g/mol. The highest BCUT2D eigenvalue weighted by atomic mass is 16.5. The highest BCUT2D eigenvalue weighted by molar-refractivity contribution is 6.00. The first-order chi connectivity index (χ1) is 13.6. The van der Waals surface area contributed by atoms with Gasteiger partial charge in [-0.05, 0) is 40.6 Å². The highest BCUT2D eigenvalue weighted by Crippen LogP contribution is 2.26. The van der Waals surface area contributed by atoms with Crippen LogP contribution in [0, 0.1) is 0 Å². The van der Waals surface area contributed by atoms with E-state index in [2.05, 4.69) is 57.2 Å². The van der Waals surface area contributed by atoms with Gasteiger partial charge in [0.05, 0.1) is 13.3 Å². The highest BCUT2D eigenvalue weighted by Gasteiger charge is 2.09. The van der Waals surface area contributed by atoms with E-state index in [1.807, 2.05) is 24.4 Å². The van der Waals surface area contributed by atoms with Crippen molar-refractivity contribution >= 4 is 33.8 Å². The van der Waals surface area contributed by atoms with Gasteiger partial charge in [0.2, 0.25) is 5.96 Å². The summed E-state index contributed by atoms with van der Waals surface area (Å²) in [5, 5.41) is 11.2. The lowest BCUT2D eigenvalue weighted by Gasteiger charge is -2.08. The number of hydrogen-bond donors (Lipinski definition) is 2. The molecule has 0 aliphatic rings. The summed E-state index contributed by atoms with van der Waals surface area (Å²) in [6.07, 6.45) is 3.70. The van der Waals surface area contributed by atoms with Crippen molar-refractivity contribution in [2.75, 3.05) is 7.11 Å². The van der Waals surface area contributed by atoms with Crippen LogP contribution in [0.25, 0.3) is 21.7 Å². The zero-order valence-electron chi connectivity index (χ0n) is 15.5. The minimum Gasteiger partial charge on any atom is -0.497 e. The average molecular weight is 371 g/mol. The van der Waals surface area contributed by atoms with Crippen LogP contribution >= 0.6 is 0 Å². The maximum atomic E-state index is 5.37. The molecular weight excluding hydrogens is 350 g/mol. The van der Waals surface area contributed by atoms with Gasteiger partial charge in [-0.1, -0.05) is 36.4 Å². The number of nitrogens with zero attached hydrogens (tertiary/aromatic N) is 3. The van der Waals surface area contributed by atoms with E-state index in [0.29, 0.717) is 0 Å². The number of ether oxygens (including phenoxy) is 1. The van der Waals surface area contributed by atoms with Gasteiger partial charge in [0.15, 0.2) is 0 Å². The molecule has 0 amide bonds. The van der Waals surface area contributed by atoms with E-state index in [4.69, 9.17) is 16.2 Å². The second-order valence-corrected chi connectivity index (χ2v) is 6.55. The van der Waals surface area contributed by atoms with Gasteiger partial charge in [0.1, 0.15) is 5.75 Å². The summed E-state index contributed by atoms with van der Waals surface area (Å²) in [6, 6.07) is 20.9. The summed E-state index contributed by atoms with van der Waals surface area (Å²) in [7, 11) is 1.65. The van der Waals surface area contributed by atoms with Crippen molar-refractivity contribution in [1.29, 1.82) is 0 Å². The van der Waals surface area contributed by atoms with Gasteiger partial charge in [0, 0.05) is 29.2 Å². The van der Waals surface area contributed by atoms with Gasteiger partial charge in [0.25, 0.3) is 0 Å². The molecule has 0 saturated carbocycles. The Kier molecular flexibility index (Phi) is 4.68. The third kappa shape index (κ3) is 3.53. The number of methoxy groups -OCH3 is 1. The van der Waals surface area contributed by atoms with Gasteiger partial charge in [-0.15, -0.1) is 5.10 Å². The maximum Gasteiger partial charge on any atom is 0.211 e. The first kappa shape index (κ1) is 17.6. The second-order valence-electron chi connectivity index (χ2n) is 6.55. The SMILES string of the molecule is COc1ccc2c(c1)c(/C=N/N=C(N)N)cn2Cc1ccc2ccccc2c1. The second kappa shape index (κ2) is 7.44. The molecule has 3 aromatic carbocycles. The topological polar surface area (TPSA) is 90.9 Å².